The van der Waals surface area contributed by atoms with Gasteiger partial charge in [-0.2, -0.15) is 0 Å². The average molecular weight is 416 g/mol. The lowest BCUT2D eigenvalue weighted by Gasteiger charge is -2.37. The van der Waals surface area contributed by atoms with Gasteiger partial charge in [-0.3, -0.25) is 0 Å². The van der Waals surface area contributed by atoms with E-state index >= 15 is 0 Å². The number of hydrogen-bond acceptors (Lipinski definition) is 5. The summed E-state index contributed by atoms with van der Waals surface area (Å²) in [4.78, 5) is 16.8. The van der Waals surface area contributed by atoms with Crippen LogP contribution in [0.3, 0.4) is 0 Å². The number of amides is 1. The molecule has 1 amide bonds. The molecule has 6 heteroatoms. The smallest absolute Gasteiger partial charge is 0.410 e. The van der Waals surface area contributed by atoms with Crippen molar-refractivity contribution in [3.63, 3.8) is 0 Å². The third-order valence-corrected chi connectivity index (χ3v) is 6.09. The Kier molecular flexibility index (Phi) is 7.22. The second-order valence-electron chi connectivity index (χ2n) is 9.62. The van der Waals surface area contributed by atoms with Crippen molar-refractivity contribution in [1.29, 1.82) is 0 Å². The van der Waals surface area contributed by atoms with Gasteiger partial charge in [0.2, 0.25) is 0 Å². The summed E-state index contributed by atoms with van der Waals surface area (Å²) in [5.41, 5.74) is -0.764. The molecule has 6 nitrogen and oxygen atoms in total. The molecule has 1 aromatic carbocycles. The number of hydrogen-bond donors (Lipinski definition) is 2. The van der Waals surface area contributed by atoms with E-state index in [1.165, 1.54) is 0 Å². The molecule has 2 aliphatic rings. The minimum absolute atomic E-state index is 0.0647. The first-order valence-corrected chi connectivity index (χ1v) is 11.0. The molecular formula is C24H37N3O3. The highest BCUT2D eigenvalue weighted by Crippen LogP contribution is 2.38. The second-order valence-corrected chi connectivity index (χ2v) is 9.62. The summed E-state index contributed by atoms with van der Waals surface area (Å²) in [7, 11) is 0. The maximum absolute atomic E-state index is 12.7. The Labute approximate surface area is 180 Å². The summed E-state index contributed by atoms with van der Waals surface area (Å²) in [5, 5.41) is 15.2. The highest BCUT2D eigenvalue weighted by atomic mass is 16.6. The third kappa shape index (κ3) is 5.62. The highest BCUT2D eigenvalue weighted by Gasteiger charge is 2.49. The van der Waals surface area contributed by atoms with E-state index in [4.69, 9.17) is 4.74 Å². The zero-order valence-corrected chi connectivity index (χ0v) is 18.6. The highest BCUT2D eigenvalue weighted by molar-refractivity contribution is 5.69. The predicted molar refractivity (Wildman–Crippen MR) is 119 cm³/mol. The fourth-order valence-corrected chi connectivity index (χ4v) is 4.51. The van der Waals surface area contributed by atoms with Crippen molar-refractivity contribution in [3.8, 4) is 0 Å². The number of nitrogens with zero attached hydrogens (tertiary/aromatic N) is 2. The molecule has 2 heterocycles. The minimum Gasteiger partial charge on any atom is -0.444 e. The zero-order valence-electron chi connectivity index (χ0n) is 18.6. The van der Waals surface area contributed by atoms with Gasteiger partial charge in [0.15, 0.2) is 0 Å². The van der Waals surface area contributed by atoms with Gasteiger partial charge in [0.1, 0.15) is 11.2 Å². The van der Waals surface area contributed by atoms with Crippen LogP contribution in [0.4, 0.5) is 4.79 Å². The molecule has 2 N–H and O–H groups in total. The summed E-state index contributed by atoms with van der Waals surface area (Å²) < 4.78 is 5.59. The van der Waals surface area contributed by atoms with E-state index in [1.807, 2.05) is 57.2 Å². The van der Waals surface area contributed by atoms with Gasteiger partial charge in [-0.25, -0.2) is 4.79 Å². The van der Waals surface area contributed by atoms with Gasteiger partial charge in [-0.05, 0) is 52.3 Å². The quantitative estimate of drug-likeness (QED) is 0.700. The second kappa shape index (κ2) is 9.50. The molecule has 0 radical (unpaired) electrons. The van der Waals surface area contributed by atoms with Gasteiger partial charge >= 0.3 is 6.09 Å². The van der Waals surface area contributed by atoms with E-state index in [0.29, 0.717) is 12.6 Å². The Hall–Kier alpha value is -1.89. The number of ether oxygens (including phenoxy) is 1. The molecule has 2 saturated heterocycles. The molecule has 2 aliphatic heterocycles. The number of nitrogens with one attached hydrogen (secondary N) is 1. The van der Waals surface area contributed by atoms with E-state index in [2.05, 4.69) is 16.8 Å². The molecular weight excluding hydrogens is 378 g/mol. The Balaban J connectivity index is 1.70. The van der Waals surface area contributed by atoms with Crippen molar-refractivity contribution in [1.82, 2.24) is 15.1 Å². The van der Waals surface area contributed by atoms with E-state index in [9.17, 15) is 9.90 Å². The monoisotopic (exact) mass is 415 g/mol. The maximum atomic E-state index is 12.7. The normalized spacial score (nSPS) is 26.0. The summed E-state index contributed by atoms with van der Waals surface area (Å²) in [6.45, 7) is 13.7. The van der Waals surface area contributed by atoms with E-state index in [1.54, 1.807) is 4.90 Å². The van der Waals surface area contributed by atoms with Gasteiger partial charge in [0.25, 0.3) is 0 Å². The first-order chi connectivity index (χ1) is 14.2. The fraction of sp³-hybridized carbons (Fsp3) is 0.625. The van der Waals surface area contributed by atoms with Crippen LogP contribution in [0.15, 0.2) is 43.0 Å². The fourth-order valence-electron chi connectivity index (χ4n) is 4.51. The number of benzene rings is 1. The molecule has 1 aromatic rings. The lowest BCUT2D eigenvalue weighted by Crippen LogP contribution is -2.47. The first-order valence-electron chi connectivity index (χ1n) is 11.0. The molecule has 0 saturated carbocycles. The number of likely N-dealkylation sites (tertiary alicyclic amines) is 2. The van der Waals surface area contributed by atoms with Crippen LogP contribution in [0.1, 0.15) is 39.2 Å². The lowest BCUT2D eigenvalue weighted by molar-refractivity contribution is -0.0114. The predicted octanol–water partition coefficient (Wildman–Crippen LogP) is 2.98. The number of β-amino-alcohol motifs (C(OH)–C–C–N with tert-alkyl or cyclic N) is 1. The van der Waals surface area contributed by atoms with Crippen LogP contribution in [0, 0.1) is 5.92 Å². The molecule has 2 atom stereocenters. The van der Waals surface area contributed by atoms with Crippen LogP contribution >= 0.6 is 0 Å². The summed E-state index contributed by atoms with van der Waals surface area (Å²) in [6.07, 6.45) is 3.71. The number of aliphatic hydroxyl groups is 1. The van der Waals surface area contributed by atoms with Gasteiger partial charge in [0.05, 0.1) is 6.54 Å². The molecule has 0 spiro atoms. The van der Waals surface area contributed by atoms with Crippen LogP contribution in [0.2, 0.25) is 0 Å². The van der Waals surface area contributed by atoms with Crippen molar-refractivity contribution < 1.29 is 14.6 Å². The Morgan fingerprint density at radius 2 is 1.97 bits per heavy atom. The van der Waals surface area contributed by atoms with Crippen molar-refractivity contribution >= 4 is 6.09 Å². The van der Waals surface area contributed by atoms with Gasteiger partial charge in [0, 0.05) is 31.6 Å². The number of carbonyl (C=O) groups is 1. The third-order valence-electron chi connectivity index (χ3n) is 6.09. The number of piperidine rings is 1. The number of carbonyl (C=O) groups excluding carboxylic acids is 1. The molecule has 0 bridgehead atoms. The zero-order chi connectivity index (χ0) is 21.8. The van der Waals surface area contributed by atoms with Crippen LogP contribution < -0.4 is 5.32 Å². The van der Waals surface area contributed by atoms with Crippen LogP contribution in [0.25, 0.3) is 0 Å². The molecule has 30 heavy (non-hydrogen) atoms. The maximum Gasteiger partial charge on any atom is 0.410 e. The topological polar surface area (TPSA) is 65.0 Å². The van der Waals surface area contributed by atoms with E-state index < -0.39 is 11.2 Å². The van der Waals surface area contributed by atoms with Crippen molar-refractivity contribution in [3.05, 3.63) is 48.6 Å². The minimum atomic E-state index is -1.07. The van der Waals surface area contributed by atoms with Crippen molar-refractivity contribution in [2.24, 2.45) is 5.92 Å². The van der Waals surface area contributed by atoms with Gasteiger partial charge in [-0.1, -0.05) is 36.4 Å². The standard InChI is InChI=1S/C24H37N3O3/c1-5-13-25-21-11-14-26(15-12-21)16-20-17-27(22(28)30-23(2,3)4)18-24(20,29)19-9-7-6-8-10-19/h5-10,20-21,25,29H,1,11-18H2,2-4H3/t20-,24-/m0/s1. The van der Waals surface area contributed by atoms with Crippen LogP contribution in [-0.4, -0.2) is 71.9 Å². The molecule has 3 rings (SSSR count). The SMILES string of the molecule is C=CCNC1CCN(C[C@H]2CN(C(=O)OC(C)(C)C)C[C@]2(O)c2ccccc2)CC1. The largest absolute Gasteiger partial charge is 0.444 e. The van der Waals surface area contributed by atoms with Crippen LogP contribution in [-0.2, 0) is 10.3 Å². The lowest BCUT2D eigenvalue weighted by atomic mass is 9.83. The molecule has 166 valence electrons. The Morgan fingerprint density at radius 3 is 2.57 bits per heavy atom. The van der Waals surface area contributed by atoms with Gasteiger partial charge in [-0.15, -0.1) is 6.58 Å². The Bertz CT molecular complexity index is 710. The van der Waals surface area contributed by atoms with Crippen molar-refractivity contribution in [2.75, 3.05) is 39.3 Å². The van der Waals surface area contributed by atoms with E-state index in [0.717, 1.165) is 44.6 Å². The summed E-state index contributed by atoms with van der Waals surface area (Å²) in [5.74, 6) is -0.0647. The summed E-state index contributed by atoms with van der Waals surface area (Å²) in [6, 6.07) is 10.3. The molecule has 2 fully saturated rings. The molecule has 0 unspecified atom stereocenters. The van der Waals surface area contributed by atoms with Crippen LogP contribution in [0.5, 0.6) is 0 Å². The summed E-state index contributed by atoms with van der Waals surface area (Å²) >= 11 is 0. The van der Waals surface area contributed by atoms with Crippen molar-refractivity contribution in [2.45, 2.75) is 50.9 Å². The van der Waals surface area contributed by atoms with E-state index in [-0.39, 0.29) is 18.6 Å². The molecule has 0 aromatic heterocycles. The first kappa shape index (κ1) is 22.8. The average Bonchev–Trinajstić information content (AvgIpc) is 3.05. The van der Waals surface area contributed by atoms with Gasteiger partial charge < -0.3 is 25.0 Å². The number of rotatable bonds is 6. The molecule has 0 aliphatic carbocycles. The Morgan fingerprint density at radius 1 is 1.30 bits per heavy atom.